The molecule has 0 spiro atoms. The number of hydrogen-bond acceptors (Lipinski definition) is 7. The second-order valence-corrected chi connectivity index (χ2v) is 8.48. The SMILES string of the molecule is CCC1(OC(=O)CCCC(=O)O)C(=O)OCc2c1cc1n(c2=O)Cc2cc3ccccc3nc2-1. The number of pyridine rings is 2. The highest BCUT2D eigenvalue weighted by Gasteiger charge is 2.50. The second kappa shape index (κ2) is 8.09. The van der Waals surface area contributed by atoms with Gasteiger partial charge in [0.05, 0.1) is 29.0 Å². The molecule has 9 nitrogen and oxygen atoms in total. The summed E-state index contributed by atoms with van der Waals surface area (Å²) in [5.41, 5.74) is 1.35. The molecule has 174 valence electrons. The lowest BCUT2D eigenvalue weighted by Gasteiger charge is -2.35. The summed E-state index contributed by atoms with van der Waals surface area (Å²) < 4.78 is 12.5. The first-order valence-electron chi connectivity index (χ1n) is 11.1. The van der Waals surface area contributed by atoms with E-state index in [0.29, 0.717) is 23.5 Å². The van der Waals surface area contributed by atoms with Crippen molar-refractivity contribution in [3.05, 3.63) is 63.4 Å². The number of fused-ring (bicyclic) bond motifs is 5. The van der Waals surface area contributed by atoms with E-state index in [-0.39, 0.29) is 43.4 Å². The van der Waals surface area contributed by atoms with Gasteiger partial charge in [0.25, 0.3) is 5.56 Å². The molecule has 1 unspecified atom stereocenters. The first-order valence-corrected chi connectivity index (χ1v) is 11.1. The molecule has 3 aromatic rings. The van der Waals surface area contributed by atoms with Gasteiger partial charge in [-0.2, -0.15) is 0 Å². The van der Waals surface area contributed by atoms with Crippen LogP contribution in [0.25, 0.3) is 22.3 Å². The zero-order chi connectivity index (χ0) is 24.0. The molecule has 1 atom stereocenters. The van der Waals surface area contributed by atoms with Gasteiger partial charge in [-0.15, -0.1) is 0 Å². The summed E-state index contributed by atoms with van der Waals surface area (Å²) in [5.74, 6) is -2.50. The van der Waals surface area contributed by atoms with Crippen LogP contribution in [0.5, 0.6) is 0 Å². The number of aliphatic carboxylic acids is 1. The monoisotopic (exact) mass is 462 g/mol. The number of hydrogen-bond donors (Lipinski definition) is 1. The first-order chi connectivity index (χ1) is 16.3. The van der Waals surface area contributed by atoms with Gasteiger partial charge >= 0.3 is 17.9 Å². The van der Waals surface area contributed by atoms with E-state index in [1.165, 1.54) is 0 Å². The van der Waals surface area contributed by atoms with Crippen LogP contribution in [-0.4, -0.2) is 32.6 Å². The molecular formula is C25H22N2O7. The highest BCUT2D eigenvalue weighted by atomic mass is 16.6. The number of nitrogens with zero attached hydrogens (tertiary/aromatic N) is 2. The van der Waals surface area contributed by atoms with Crippen LogP contribution >= 0.6 is 0 Å². The molecule has 0 saturated heterocycles. The molecular weight excluding hydrogens is 440 g/mol. The number of carbonyl (C=O) groups excluding carboxylic acids is 2. The fraction of sp³-hybridized carbons (Fsp3) is 0.320. The summed E-state index contributed by atoms with van der Waals surface area (Å²) in [6.07, 6.45) is -0.227. The molecule has 2 aliphatic heterocycles. The van der Waals surface area contributed by atoms with Gasteiger partial charge in [0.2, 0.25) is 5.60 Å². The Labute approximate surface area is 193 Å². The topological polar surface area (TPSA) is 125 Å². The summed E-state index contributed by atoms with van der Waals surface area (Å²) in [6, 6.07) is 11.4. The van der Waals surface area contributed by atoms with E-state index in [9.17, 15) is 19.2 Å². The number of benzene rings is 1. The van der Waals surface area contributed by atoms with Crippen molar-refractivity contribution in [2.24, 2.45) is 0 Å². The number of ether oxygens (including phenoxy) is 2. The standard InChI is InChI=1S/C25H22N2O7/c1-2-25(34-21(30)9-5-8-20(28)29)17-11-19-22-15(10-14-6-3-4-7-18(14)26-22)12-27(19)23(31)16(17)13-33-24(25)32/h3-4,6-7,10-11H,2,5,8-9,12-13H2,1H3,(H,28,29). The van der Waals surface area contributed by atoms with Gasteiger partial charge in [-0.25, -0.2) is 9.78 Å². The zero-order valence-electron chi connectivity index (χ0n) is 18.5. The van der Waals surface area contributed by atoms with E-state index >= 15 is 0 Å². The molecule has 0 radical (unpaired) electrons. The average molecular weight is 462 g/mol. The number of aromatic nitrogens is 2. The van der Waals surface area contributed by atoms with E-state index in [4.69, 9.17) is 19.6 Å². The molecule has 34 heavy (non-hydrogen) atoms. The van der Waals surface area contributed by atoms with Crippen LogP contribution in [-0.2, 0) is 42.6 Å². The fourth-order valence-corrected chi connectivity index (χ4v) is 4.71. The van der Waals surface area contributed by atoms with E-state index in [1.807, 2.05) is 30.3 Å². The quantitative estimate of drug-likeness (QED) is 0.434. The third kappa shape index (κ3) is 3.35. The number of para-hydroxylation sites is 1. The second-order valence-electron chi connectivity index (χ2n) is 8.48. The summed E-state index contributed by atoms with van der Waals surface area (Å²) >= 11 is 0. The van der Waals surface area contributed by atoms with Gasteiger partial charge in [-0.3, -0.25) is 14.4 Å². The van der Waals surface area contributed by atoms with Crippen LogP contribution in [0.2, 0.25) is 0 Å². The van der Waals surface area contributed by atoms with Crippen molar-refractivity contribution in [2.45, 2.75) is 51.4 Å². The Morgan fingerprint density at radius 1 is 1.21 bits per heavy atom. The van der Waals surface area contributed by atoms with Crippen LogP contribution in [0, 0.1) is 0 Å². The number of rotatable bonds is 6. The molecule has 1 N–H and O–H groups in total. The molecule has 4 heterocycles. The van der Waals surface area contributed by atoms with Gasteiger partial charge in [-0.1, -0.05) is 25.1 Å². The molecule has 0 bridgehead atoms. The maximum absolute atomic E-state index is 13.4. The first kappa shape index (κ1) is 21.8. The van der Waals surface area contributed by atoms with Gasteiger partial charge < -0.3 is 19.1 Å². The van der Waals surface area contributed by atoms with Gasteiger partial charge in [-0.05, 0) is 31.0 Å². The minimum absolute atomic E-state index is 0.0599. The number of esters is 2. The average Bonchev–Trinajstić information content (AvgIpc) is 3.17. The Kier molecular flexibility index (Phi) is 5.19. The maximum atomic E-state index is 13.4. The minimum Gasteiger partial charge on any atom is -0.481 e. The molecule has 0 fully saturated rings. The summed E-state index contributed by atoms with van der Waals surface area (Å²) in [6.45, 7) is 1.81. The lowest BCUT2D eigenvalue weighted by atomic mass is 9.85. The number of carboxylic acids is 1. The third-order valence-corrected chi connectivity index (χ3v) is 6.44. The molecule has 9 heteroatoms. The van der Waals surface area contributed by atoms with Gasteiger partial charge in [0.1, 0.15) is 6.61 Å². The Bertz CT molecular complexity index is 1420. The largest absolute Gasteiger partial charge is 0.481 e. The summed E-state index contributed by atoms with van der Waals surface area (Å²) in [7, 11) is 0. The van der Waals surface area contributed by atoms with Crippen LogP contribution in [0.15, 0.2) is 41.2 Å². The van der Waals surface area contributed by atoms with Gasteiger partial charge in [0, 0.05) is 29.4 Å². The Hall–Kier alpha value is -4.01. The van der Waals surface area contributed by atoms with E-state index in [2.05, 4.69) is 0 Å². The number of cyclic esters (lactones) is 1. The van der Waals surface area contributed by atoms with Crippen LogP contribution < -0.4 is 5.56 Å². The normalized spacial score (nSPS) is 18.1. The van der Waals surface area contributed by atoms with Gasteiger partial charge in [0.15, 0.2) is 0 Å². The fourth-order valence-electron chi connectivity index (χ4n) is 4.71. The highest BCUT2D eigenvalue weighted by Crippen LogP contribution is 2.41. The molecule has 0 amide bonds. The van der Waals surface area contributed by atoms with Crippen molar-refractivity contribution >= 4 is 28.8 Å². The third-order valence-electron chi connectivity index (χ3n) is 6.44. The Morgan fingerprint density at radius 2 is 2.00 bits per heavy atom. The minimum atomic E-state index is -1.78. The van der Waals surface area contributed by atoms with E-state index < -0.39 is 23.5 Å². The number of carbonyl (C=O) groups is 3. The molecule has 2 aliphatic rings. The Balaban J connectivity index is 1.61. The smallest absolute Gasteiger partial charge is 0.355 e. The molecule has 0 saturated carbocycles. The molecule has 1 aromatic carbocycles. The highest BCUT2D eigenvalue weighted by molar-refractivity contribution is 5.88. The number of carboxylic acid groups (broad SMARTS) is 1. The zero-order valence-corrected chi connectivity index (χ0v) is 18.5. The van der Waals surface area contributed by atoms with Crippen LogP contribution in [0.1, 0.15) is 49.3 Å². The molecule has 0 aliphatic carbocycles. The maximum Gasteiger partial charge on any atom is 0.355 e. The van der Waals surface area contributed by atoms with Crippen molar-refractivity contribution in [1.82, 2.24) is 9.55 Å². The van der Waals surface area contributed by atoms with Crippen molar-refractivity contribution < 1.29 is 29.0 Å². The van der Waals surface area contributed by atoms with Crippen molar-refractivity contribution in [2.75, 3.05) is 0 Å². The van der Waals surface area contributed by atoms with Crippen molar-refractivity contribution in [1.29, 1.82) is 0 Å². The van der Waals surface area contributed by atoms with E-state index in [1.54, 1.807) is 17.6 Å². The lowest BCUT2D eigenvalue weighted by Crippen LogP contribution is -2.47. The van der Waals surface area contributed by atoms with Crippen LogP contribution in [0.3, 0.4) is 0 Å². The van der Waals surface area contributed by atoms with Crippen molar-refractivity contribution in [3.63, 3.8) is 0 Å². The molecule has 2 aromatic heterocycles. The predicted molar refractivity (Wildman–Crippen MR) is 120 cm³/mol. The van der Waals surface area contributed by atoms with Crippen molar-refractivity contribution in [3.8, 4) is 11.4 Å². The Morgan fingerprint density at radius 3 is 2.76 bits per heavy atom. The summed E-state index contributed by atoms with van der Waals surface area (Å²) in [5, 5.41) is 9.78. The predicted octanol–water partition coefficient (Wildman–Crippen LogP) is 2.89. The molecule has 5 rings (SSSR count). The summed E-state index contributed by atoms with van der Waals surface area (Å²) in [4.78, 5) is 54.5. The van der Waals surface area contributed by atoms with Crippen LogP contribution in [0.4, 0.5) is 0 Å². The lowest BCUT2D eigenvalue weighted by molar-refractivity contribution is -0.189. The van der Waals surface area contributed by atoms with E-state index in [0.717, 1.165) is 16.5 Å².